The Morgan fingerprint density at radius 3 is 2.48 bits per heavy atom. The largest absolute Gasteiger partial charge is 0.306 e. The van der Waals surface area contributed by atoms with E-state index in [1.807, 2.05) is 7.05 Å². The second-order valence-electron chi connectivity index (χ2n) is 6.31. The molecule has 2 aromatic rings. The Bertz CT molecular complexity index is 904. The standard InChI is InChI=1S/C19H17F4N3O/c1-26-9-7-11(8-10-26)16(21)14-3-2-4-15(24-14)25-19(27)12-5-6-13(20)18(23)17(12)22/h2-6H,7-10H2,1H3,(H,24,25,27). The van der Waals surface area contributed by atoms with Gasteiger partial charge in [-0.15, -0.1) is 0 Å². The lowest BCUT2D eigenvalue weighted by Gasteiger charge is -2.24. The number of likely N-dealkylation sites (tertiary alicyclic amines) is 1. The lowest BCUT2D eigenvalue weighted by atomic mass is 10.0. The molecule has 0 bridgehead atoms. The third-order valence-corrected chi connectivity index (χ3v) is 4.40. The predicted octanol–water partition coefficient (Wildman–Crippen LogP) is 4.16. The van der Waals surface area contributed by atoms with Crippen LogP contribution in [0.4, 0.5) is 23.4 Å². The molecule has 0 atom stereocenters. The van der Waals surface area contributed by atoms with Crippen molar-refractivity contribution in [3.8, 4) is 0 Å². The highest BCUT2D eigenvalue weighted by atomic mass is 19.2. The minimum absolute atomic E-state index is 0.0229. The molecular formula is C19H17F4N3O. The average molecular weight is 379 g/mol. The molecule has 3 rings (SSSR count). The molecule has 1 aromatic carbocycles. The summed E-state index contributed by atoms with van der Waals surface area (Å²) in [6.45, 7) is 1.49. The maximum atomic E-state index is 14.7. The third kappa shape index (κ3) is 4.16. The highest BCUT2D eigenvalue weighted by Gasteiger charge is 2.20. The van der Waals surface area contributed by atoms with Crippen LogP contribution in [0.3, 0.4) is 0 Å². The van der Waals surface area contributed by atoms with Crippen LogP contribution >= 0.6 is 0 Å². The van der Waals surface area contributed by atoms with Gasteiger partial charge in [-0.1, -0.05) is 6.07 Å². The number of piperidine rings is 1. The van der Waals surface area contributed by atoms with Crippen LogP contribution in [0.1, 0.15) is 28.9 Å². The number of pyridine rings is 1. The molecule has 8 heteroatoms. The summed E-state index contributed by atoms with van der Waals surface area (Å²) in [6.07, 6.45) is 1.17. The van der Waals surface area contributed by atoms with Crippen molar-refractivity contribution in [3.63, 3.8) is 0 Å². The SMILES string of the molecule is CN1CCC(=C(F)c2cccc(NC(=O)c3ccc(F)c(F)c3F)n2)CC1. The molecule has 0 aliphatic carbocycles. The van der Waals surface area contributed by atoms with Crippen LogP contribution in [0.2, 0.25) is 0 Å². The van der Waals surface area contributed by atoms with E-state index in [1.54, 1.807) is 0 Å². The van der Waals surface area contributed by atoms with Crippen molar-refractivity contribution >= 4 is 17.6 Å². The van der Waals surface area contributed by atoms with Crippen molar-refractivity contribution < 1.29 is 22.4 Å². The summed E-state index contributed by atoms with van der Waals surface area (Å²) in [5.41, 5.74) is 0.0316. The molecule has 0 saturated carbocycles. The van der Waals surface area contributed by atoms with Gasteiger partial charge in [0, 0.05) is 13.1 Å². The molecule has 0 unspecified atom stereocenters. The fourth-order valence-electron chi connectivity index (χ4n) is 2.80. The van der Waals surface area contributed by atoms with Crippen LogP contribution in [0.15, 0.2) is 35.9 Å². The van der Waals surface area contributed by atoms with E-state index in [2.05, 4.69) is 15.2 Å². The van der Waals surface area contributed by atoms with E-state index >= 15 is 0 Å². The van der Waals surface area contributed by atoms with Crippen LogP contribution in [0, 0.1) is 17.5 Å². The first-order valence-electron chi connectivity index (χ1n) is 8.35. The van der Waals surface area contributed by atoms with E-state index in [0.29, 0.717) is 24.5 Å². The van der Waals surface area contributed by atoms with Crippen molar-refractivity contribution in [3.05, 3.63) is 64.6 Å². The second-order valence-corrected chi connectivity index (χ2v) is 6.31. The molecule has 1 fully saturated rings. The minimum Gasteiger partial charge on any atom is -0.306 e. The molecule has 0 spiro atoms. The van der Waals surface area contributed by atoms with Gasteiger partial charge in [-0.2, -0.15) is 0 Å². The molecule has 1 aliphatic rings. The summed E-state index contributed by atoms with van der Waals surface area (Å²) in [5, 5.41) is 2.27. The first kappa shape index (κ1) is 19.0. The monoisotopic (exact) mass is 379 g/mol. The van der Waals surface area contributed by atoms with Gasteiger partial charge in [0.2, 0.25) is 0 Å². The van der Waals surface area contributed by atoms with E-state index < -0.39 is 34.7 Å². The van der Waals surface area contributed by atoms with E-state index in [9.17, 15) is 22.4 Å². The van der Waals surface area contributed by atoms with Crippen molar-refractivity contribution in [2.45, 2.75) is 12.8 Å². The van der Waals surface area contributed by atoms with Crippen LogP contribution in [0.25, 0.3) is 5.83 Å². The average Bonchev–Trinajstić information content (AvgIpc) is 2.66. The Balaban J connectivity index is 1.81. The Morgan fingerprint density at radius 2 is 1.78 bits per heavy atom. The van der Waals surface area contributed by atoms with Crippen LogP contribution in [0.5, 0.6) is 0 Å². The maximum absolute atomic E-state index is 14.7. The van der Waals surface area contributed by atoms with E-state index in [0.717, 1.165) is 19.2 Å². The normalized spacial score (nSPS) is 14.9. The summed E-state index contributed by atoms with van der Waals surface area (Å²) in [6, 6.07) is 5.84. The fraction of sp³-hybridized carbons (Fsp3) is 0.263. The first-order chi connectivity index (χ1) is 12.9. The van der Waals surface area contributed by atoms with Crippen LogP contribution in [-0.2, 0) is 0 Å². The maximum Gasteiger partial charge on any atom is 0.259 e. The molecule has 1 amide bonds. The molecule has 142 valence electrons. The number of carbonyl (C=O) groups excluding carboxylic acids is 1. The van der Waals surface area contributed by atoms with Crippen molar-refractivity contribution in [2.75, 3.05) is 25.5 Å². The zero-order valence-corrected chi connectivity index (χ0v) is 14.5. The molecular weight excluding hydrogens is 362 g/mol. The number of rotatable bonds is 3. The zero-order chi connectivity index (χ0) is 19.6. The van der Waals surface area contributed by atoms with Gasteiger partial charge in [-0.05, 0) is 49.7 Å². The van der Waals surface area contributed by atoms with Gasteiger partial charge in [0.05, 0.1) is 5.56 Å². The topological polar surface area (TPSA) is 45.2 Å². The van der Waals surface area contributed by atoms with Gasteiger partial charge in [0.1, 0.15) is 17.3 Å². The zero-order valence-electron chi connectivity index (χ0n) is 14.5. The molecule has 1 aromatic heterocycles. The number of aromatic nitrogens is 1. The van der Waals surface area contributed by atoms with Gasteiger partial charge in [0.15, 0.2) is 17.5 Å². The molecule has 2 heterocycles. The highest BCUT2D eigenvalue weighted by Crippen LogP contribution is 2.27. The summed E-state index contributed by atoms with van der Waals surface area (Å²) in [4.78, 5) is 18.3. The van der Waals surface area contributed by atoms with Gasteiger partial charge in [-0.25, -0.2) is 22.5 Å². The number of nitrogens with zero attached hydrogens (tertiary/aromatic N) is 2. The number of hydrogen-bond donors (Lipinski definition) is 1. The van der Waals surface area contributed by atoms with Gasteiger partial charge < -0.3 is 10.2 Å². The third-order valence-electron chi connectivity index (χ3n) is 4.40. The minimum atomic E-state index is -1.73. The Labute approximate surface area is 153 Å². The summed E-state index contributed by atoms with van der Waals surface area (Å²) < 4.78 is 54.7. The van der Waals surface area contributed by atoms with Gasteiger partial charge in [0.25, 0.3) is 5.91 Å². The van der Waals surface area contributed by atoms with Crippen molar-refractivity contribution in [1.29, 1.82) is 0 Å². The number of halogens is 4. The van der Waals surface area contributed by atoms with Gasteiger partial charge >= 0.3 is 0 Å². The molecule has 1 saturated heterocycles. The quantitative estimate of drug-likeness (QED) is 0.644. The molecule has 1 N–H and O–H groups in total. The van der Waals surface area contributed by atoms with Crippen LogP contribution in [-0.4, -0.2) is 35.9 Å². The molecule has 1 aliphatic heterocycles. The number of carbonyl (C=O) groups is 1. The summed E-state index contributed by atoms with van der Waals surface area (Å²) >= 11 is 0. The lowest BCUT2D eigenvalue weighted by molar-refractivity contribution is 0.102. The number of amides is 1. The van der Waals surface area contributed by atoms with E-state index in [4.69, 9.17) is 0 Å². The van der Waals surface area contributed by atoms with Crippen LogP contribution < -0.4 is 5.32 Å². The summed E-state index contributed by atoms with van der Waals surface area (Å²) in [7, 11) is 1.96. The smallest absolute Gasteiger partial charge is 0.259 e. The second kappa shape index (κ2) is 7.87. The number of hydrogen-bond acceptors (Lipinski definition) is 3. The highest BCUT2D eigenvalue weighted by molar-refractivity contribution is 6.04. The summed E-state index contributed by atoms with van der Waals surface area (Å²) in [5.74, 6) is -6.20. The molecule has 4 nitrogen and oxygen atoms in total. The Morgan fingerprint density at radius 1 is 1.07 bits per heavy atom. The molecule has 27 heavy (non-hydrogen) atoms. The van der Waals surface area contributed by atoms with E-state index in [-0.39, 0.29) is 11.5 Å². The van der Waals surface area contributed by atoms with Crippen molar-refractivity contribution in [1.82, 2.24) is 9.88 Å². The number of benzene rings is 1. The Kier molecular flexibility index (Phi) is 5.55. The van der Waals surface area contributed by atoms with Gasteiger partial charge in [-0.3, -0.25) is 4.79 Å². The Hall–Kier alpha value is -2.74. The predicted molar refractivity (Wildman–Crippen MR) is 93.3 cm³/mol. The fourth-order valence-corrected chi connectivity index (χ4v) is 2.80. The number of anilines is 1. The number of nitrogens with one attached hydrogen (secondary N) is 1. The lowest BCUT2D eigenvalue weighted by Crippen LogP contribution is -2.26. The molecule has 0 radical (unpaired) electrons. The van der Waals surface area contributed by atoms with Crippen molar-refractivity contribution in [2.24, 2.45) is 0 Å². The van der Waals surface area contributed by atoms with E-state index in [1.165, 1.54) is 18.2 Å². The first-order valence-corrected chi connectivity index (χ1v) is 8.35.